The molecular weight excluding hydrogens is 565 g/mol. The van der Waals surface area contributed by atoms with Crippen LogP contribution in [-0.4, -0.2) is 50.4 Å². The molecular formula is C25H31ClIN3O4. The van der Waals surface area contributed by atoms with Crippen LogP contribution >= 0.6 is 34.2 Å². The van der Waals surface area contributed by atoms with Crippen molar-refractivity contribution in [2.75, 3.05) is 19.1 Å². The quantitative estimate of drug-likeness (QED) is 0.239. The van der Waals surface area contributed by atoms with E-state index in [1.165, 1.54) is 10.2 Å². The van der Waals surface area contributed by atoms with Crippen LogP contribution in [0, 0.1) is 9.49 Å². The van der Waals surface area contributed by atoms with Gasteiger partial charge >= 0.3 is 0 Å². The Balaban J connectivity index is 1.59. The Bertz CT molecular complexity index is 1060. The van der Waals surface area contributed by atoms with Crippen LogP contribution in [0.25, 0.3) is 0 Å². The molecule has 2 aromatic carbocycles. The lowest BCUT2D eigenvalue weighted by molar-refractivity contribution is 0.0888. The lowest BCUT2D eigenvalue weighted by Gasteiger charge is -2.27. The summed E-state index contributed by atoms with van der Waals surface area (Å²) in [5.74, 6) is 2.43. The van der Waals surface area contributed by atoms with Crippen LogP contribution in [0.2, 0.25) is 0 Å². The monoisotopic (exact) mass is 595 g/mol. The number of aromatic nitrogens is 3. The van der Waals surface area contributed by atoms with E-state index in [9.17, 15) is 5.11 Å². The largest absolute Gasteiger partial charge is 0.492 e. The second-order valence-corrected chi connectivity index (χ2v) is 10.4. The summed E-state index contributed by atoms with van der Waals surface area (Å²) in [5, 5.41) is 26.9. The molecule has 0 saturated heterocycles. The minimum atomic E-state index is -0.750. The fraction of sp³-hybridized carbons (Fsp3) is 0.440. The SMILES string of the molecule is C[C@@H](CCl)COc1ccc(C(C)(C)c2ccc(OC[C@H](O)Cn3cc(CO)nn3)cc2)cc1[123I]. The van der Waals surface area contributed by atoms with E-state index in [2.05, 4.69) is 65.8 Å². The van der Waals surface area contributed by atoms with Crippen LogP contribution in [0.5, 0.6) is 11.5 Å². The van der Waals surface area contributed by atoms with Gasteiger partial charge in [-0.05, 0) is 58.0 Å². The molecule has 9 heteroatoms. The zero-order valence-electron chi connectivity index (χ0n) is 19.6. The minimum Gasteiger partial charge on any atom is -0.492 e. The Morgan fingerprint density at radius 1 is 1.09 bits per heavy atom. The molecule has 2 atom stereocenters. The van der Waals surface area contributed by atoms with Crippen molar-refractivity contribution in [1.29, 1.82) is 0 Å². The molecule has 0 amide bonds. The van der Waals surface area contributed by atoms with E-state index in [0.29, 0.717) is 29.8 Å². The first-order valence-electron chi connectivity index (χ1n) is 11.1. The van der Waals surface area contributed by atoms with E-state index in [1.54, 1.807) is 6.20 Å². The van der Waals surface area contributed by atoms with Crippen LogP contribution < -0.4 is 9.47 Å². The minimum absolute atomic E-state index is 0.124. The number of aliphatic hydroxyl groups excluding tert-OH is 2. The van der Waals surface area contributed by atoms with Crippen molar-refractivity contribution in [1.82, 2.24) is 15.0 Å². The van der Waals surface area contributed by atoms with E-state index < -0.39 is 6.10 Å². The van der Waals surface area contributed by atoms with Crippen molar-refractivity contribution in [2.24, 2.45) is 5.92 Å². The maximum absolute atomic E-state index is 10.2. The van der Waals surface area contributed by atoms with Gasteiger partial charge in [0.15, 0.2) is 0 Å². The molecule has 7 nitrogen and oxygen atoms in total. The van der Waals surface area contributed by atoms with Crippen molar-refractivity contribution >= 4 is 34.2 Å². The molecule has 0 saturated carbocycles. The first-order valence-corrected chi connectivity index (χ1v) is 12.7. The molecule has 3 aromatic rings. The maximum atomic E-state index is 10.2. The number of ether oxygens (including phenoxy) is 2. The lowest BCUT2D eigenvalue weighted by atomic mass is 9.78. The third-order valence-corrected chi connectivity index (χ3v) is 6.97. The van der Waals surface area contributed by atoms with Gasteiger partial charge in [-0.25, -0.2) is 4.68 Å². The summed E-state index contributed by atoms with van der Waals surface area (Å²) < 4.78 is 14.2. The van der Waals surface area contributed by atoms with Crippen LogP contribution in [0.4, 0.5) is 0 Å². The fourth-order valence-electron chi connectivity index (χ4n) is 3.38. The molecule has 1 aromatic heterocycles. The van der Waals surface area contributed by atoms with Crippen molar-refractivity contribution in [2.45, 2.75) is 45.4 Å². The van der Waals surface area contributed by atoms with Crippen LogP contribution in [-0.2, 0) is 18.6 Å². The van der Waals surface area contributed by atoms with E-state index in [0.717, 1.165) is 14.9 Å². The number of hydrogen-bond acceptors (Lipinski definition) is 6. The van der Waals surface area contributed by atoms with Gasteiger partial charge < -0.3 is 19.7 Å². The predicted molar refractivity (Wildman–Crippen MR) is 141 cm³/mol. The van der Waals surface area contributed by atoms with Gasteiger partial charge in [-0.2, -0.15) is 0 Å². The van der Waals surface area contributed by atoms with Crippen molar-refractivity contribution < 1.29 is 19.7 Å². The number of halogens is 2. The van der Waals surface area contributed by atoms with E-state index >= 15 is 0 Å². The summed E-state index contributed by atoms with van der Waals surface area (Å²) in [4.78, 5) is 0. The molecule has 184 valence electrons. The molecule has 0 unspecified atom stereocenters. The zero-order chi connectivity index (χ0) is 24.7. The summed E-state index contributed by atoms with van der Waals surface area (Å²) in [5.41, 5.74) is 2.59. The number of aliphatic hydroxyl groups is 2. The summed E-state index contributed by atoms with van der Waals surface area (Å²) >= 11 is 8.19. The predicted octanol–water partition coefficient (Wildman–Crippen LogP) is 4.39. The number of nitrogens with zero attached hydrogens (tertiary/aromatic N) is 3. The Kier molecular flexibility index (Phi) is 9.58. The van der Waals surface area contributed by atoms with Gasteiger partial charge in [-0.15, -0.1) is 16.7 Å². The van der Waals surface area contributed by atoms with Crippen LogP contribution in [0.15, 0.2) is 48.7 Å². The first kappa shape index (κ1) is 26.7. The van der Waals surface area contributed by atoms with E-state index in [1.807, 2.05) is 30.3 Å². The van der Waals surface area contributed by atoms with Crippen LogP contribution in [0.3, 0.4) is 0 Å². The zero-order valence-corrected chi connectivity index (χ0v) is 22.5. The number of hydrogen-bond donors (Lipinski definition) is 2. The van der Waals surface area contributed by atoms with E-state index in [4.69, 9.17) is 26.2 Å². The molecule has 0 spiro atoms. The smallest absolute Gasteiger partial charge is 0.132 e. The molecule has 0 aliphatic rings. The molecule has 2 N–H and O–H groups in total. The third-order valence-electron chi connectivity index (χ3n) is 5.60. The molecule has 0 aliphatic heterocycles. The van der Waals surface area contributed by atoms with Crippen molar-refractivity contribution in [3.05, 3.63) is 69.1 Å². The molecule has 3 rings (SSSR count). The van der Waals surface area contributed by atoms with Crippen LogP contribution in [0.1, 0.15) is 37.6 Å². The van der Waals surface area contributed by atoms with Gasteiger partial charge in [-0.1, -0.05) is 44.2 Å². The Hall–Kier alpha value is -1.88. The lowest BCUT2D eigenvalue weighted by Crippen LogP contribution is -2.24. The van der Waals surface area contributed by atoms with Gasteiger partial charge in [0.1, 0.15) is 29.9 Å². The van der Waals surface area contributed by atoms with Gasteiger partial charge in [-0.3, -0.25) is 0 Å². The number of alkyl halides is 1. The second-order valence-electron chi connectivity index (χ2n) is 8.92. The van der Waals surface area contributed by atoms with Gasteiger partial charge in [0, 0.05) is 17.2 Å². The normalized spacial score (nSPS) is 13.5. The fourth-order valence-corrected chi connectivity index (χ4v) is 4.14. The Labute approximate surface area is 219 Å². The average Bonchev–Trinajstić information content (AvgIpc) is 3.29. The highest BCUT2D eigenvalue weighted by Crippen LogP contribution is 2.35. The topological polar surface area (TPSA) is 89.6 Å². The van der Waals surface area contributed by atoms with Gasteiger partial charge in [0.25, 0.3) is 0 Å². The standard InChI is InChI=1S/C25H31ClIN3O4/c1-17(11-26)15-34-24-9-6-19(10-23(24)27)25(2,3)18-4-7-22(8-5-18)33-16-21(32)13-30-12-20(14-31)28-29-30/h4-10,12,17,21,31-32H,11,13-16H2,1-3H3/t17-,21+/m0/s1/i27-4. The number of benzene rings is 2. The number of rotatable bonds is 12. The summed E-state index contributed by atoms with van der Waals surface area (Å²) in [7, 11) is 0. The molecule has 0 radical (unpaired) electrons. The highest BCUT2D eigenvalue weighted by atomic mass is 123. The first-order chi connectivity index (χ1) is 16.2. The third kappa shape index (κ3) is 7.07. The van der Waals surface area contributed by atoms with E-state index in [-0.39, 0.29) is 25.2 Å². The Morgan fingerprint density at radius 2 is 1.79 bits per heavy atom. The second kappa shape index (κ2) is 12.2. The molecule has 0 aliphatic carbocycles. The molecule has 0 bridgehead atoms. The maximum Gasteiger partial charge on any atom is 0.132 e. The highest BCUT2D eigenvalue weighted by molar-refractivity contribution is 14.1. The van der Waals surface area contributed by atoms with Gasteiger partial charge in [0.2, 0.25) is 0 Å². The summed E-state index contributed by atoms with van der Waals surface area (Å²) in [6, 6.07) is 14.2. The molecule has 0 fully saturated rings. The van der Waals surface area contributed by atoms with Crippen molar-refractivity contribution in [3.63, 3.8) is 0 Å². The summed E-state index contributed by atoms with van der Waals surface area (Å²) in [6.07, 6.45) is 0.847. The molecule has 34 heavy (non-hydrogen) atoms. The van der Waals surface area contributed by atoms with Gasteiger partial charge in [0.05, 0.1) is 29.5 Å². The summed E-state index contributed by atoms with van der Waals surface area (Å²) in [6.45, 7) is 7.22. The van der Waals surface area contributed by atoms with Crippen molar-refractivity contribution in [3.8, 4) is 11.5 Å². The average molecular weight is 596 g/mol. The highest BCUT2D eigenvalue weighted by Gasteiger charge is 2.24. The molecule has 1 heterocycles. The Morgan fingerprint density at radius 3 is 2.41 bits per heavy atom.